The molecule has 0 atom stereocenters. The van der Waals surface area contributed by atoms with Crippen LogP contribution in [-0.4, -0.2) is 20.1 Å². The van der Waals surface area contributed by atoms with E-state index in [2.05, 4.69) is 21.3 Å². The maximum atomic E-state index is 11.1. The smallest absolute Gasteiger partial charge is 0.270 e. The number of aromatic amines is 1. The summed E-state index contributed by atoms with van der Waals surface area (Å²) in [6.07, 6.45) is 3.27. The van der Waals surface area contributed by atoms with Gasteiger partial charge in [-0.15, -0.1) is 11.3 Å². The van der Waals surface area contributed by atoms with Crippen LogP contribution >= 0.6 is 11.3 Å². The lowest BCUT2D eigenvalue weighted by molar-refractivity contribution is -0.384. The summed E-state index contributed by atoms with van der Waals surface area (Å²) in [7, 11) is 0. The zero-order valence-corrected chi connectivity index (χ0v) is 15.8. The molecule has 1 N–H and O–H groups in total. The zero-order valence-electron chi connectivity index (χ0n) is 14.9. The minimum absolute atomic E-state index is 0.0139. The SMILES string of the molecule is N#C/C(=C/c1cn[nH]c1-c1cccc([N+](=O)[O-])c1)c1nc(-c2ccccc2)cs1. The molecule has 0 saturated carbocycles. The van der Waals surface area contributed by atoms with Crippen molar-refractivity contribution in [1.82, 2.24) is 15.2 Å². The van der Waals surface area contributed by atoms with Crippen LogP contribution in [0.4, 0.5) is 5.69 Å². The molecule has 7 nitrogen and oxygen atoms in total. The normalized spacial score (nSPS) is 11.2. The fraction of sp³-hybridized carbons (Fsp3) is 0. The molecule has 140 valence electrons. The number of hydrogen-bond donors (Lipinski definition) is 1. The predicted molar refractivity (Wildman–Crippen MR) is 112 cm³/mol. The van der Waals surface area contributed by atoms with Gasteiger partial charge >= 0.3 is 0 Å². The molecule has 0 radical (unpaired) electrons. The van der Waals surface area contributed by atoms with Gasteiger partial charge in [-0.05, 0) is 6.08 Å². The summed E-state index contributed by atoms with van der Waals surface area (Å²) in [4.78, 5) is 15.2. The number of H-pyrrole nitrogens is 1. The second kappa shape index (κ2) is 7.88. The summed E-state index contributed by atoms with van der Waals surface area (Å²) in [5, 5.41) is 30.1. The molecule has 4 aromatic rings. The Labute approximate surface area is 169 Å². The molecule has 29 heavy (non-hydrogen) atoms. The van der Waals surface area contributed by atoms with Crippen molar-refractivity contribution in [3.8, 4) is 28.6 Å². The Balaban J connectivity index is 1.71. The van der Waals surface area contributed by atoms with Crippen LogP contribution in [0.5, 0.6) is 0 Å². The summed E-state index contributed by atoms with van der Waals surface area (Å²) >= 11 is 1.39. The van der Waals surface area contributed by atoms with Gasteiger partial charge in [0.05, 0.1) is 28.1 Å². The van der Waals surface area contributed by atoms with Gasteiger partial charge in [-0.25, -0.2) is 4.98 Å². The van der Waals surface area contributed by atoms with E-state index in [1.165, 1.54) is 23.5 Å². The van der Waals surface area contributed by atoms with Crippen LogP contribution in [0.25, 0.3) is 34.2 Å². The molecule has 2 heterocycles. The van der Waals surface area contributed by atoms with Crippen molar-refractivity contribution in [3.05, 3.63) is 86.9 Å². The third-order valence-electron chi connectivity index (χ3n) is 4.24. The molecule has 0 saturated heterocycles. The van der Waals surface area contributed by atoms with Gasteiger partial charge in [-0.1, -0.05) is 42.5 Å². The minimum atomic E-state index is -0.448. The first kappa shape index (κ1) is 18.3. The molecule has 0 bridgehead atoms. The number of nitriles is 1. The Morgan fingerprint density at radius 1 is 1.17 bits per heavy atom. The van der Waals surface area contributed by atoms with Crippen LogP contribution in [-0.2, 0) is 0 Å². The van der Waals surface area contributed by atoms with E-state index in [9.17, 15) is 15.4 Å². The molecule has 2 aromatic carbocycles. The average molecular weight is 399 g/mol. The highest BCUT2D eigenvalue weighted by molar-refractivity contribution is 7.11. The van der Waals surface area contributed by atoms with Gasteiger partial charge in [-0.3, -0.25) is 15.2 Å². The standard InChI is InChI=1S/C21H13N5O2S/c22-11-16(21-24-19(13-29-21)14-5-2-1-3-6-14)9-17-12-23-25-20(17)15-7-4-8-18(10-15)26(27)28/h1-10,12-13H,(H,23,25)/b16-9-. The molecular formula is C21H13N5O2S. The number of allylic oxidation sites excluding steroid dienone is 1. The van der Waals surface area contributed by atoms with Gasteiger partial charge in [0.2, 0.25) is 0 Å². The molecule has 4 rings (SSSR count). The number of nitro benzene ring substituents is 1. The van der Waals surface area contributed by atoms with E-state index in [0.717, 1.165) is 11.3 Å². The first-order chi connectivity index (χ1) is 14.2. The van der Waals surface area contributed by atoms with Gasteiger partial charge in [0.25, 0.3) is 5.69 Å². The number of rotatable bonds is 5. The molecule has 0 spiro atoms. The Morgan fingerprint density at radius 3 is 2.72 bits per heavy atom. The molecule has 0 aliphatic carbocycles. The maximum Gasteiger partial charge on any atom is 0.270 e. The minimum Gasteiger partial charge on any atom is -0.277 e. The van der Waals surface area contributed by atoms with Crippen LogP contribution in [0.15, 0.2) is 66.2 Å². The van der Waals surface area contributed by atoms with Gasteiger partial charge in [0.15, 0.2) is 0 Å². The number of nitrogens with zero attached hydrogens (tertiary/aromatic N) is 4. The summed E-state index contributed by atoms with van der Waals surface area (Å²) in [5.41, 5.74) is 4.03. The third-order valence-corrected chi connectivity index (χ3v) is 5.11. The second-order valence-corrected chi connectivity index (χ2v) is 6.94. The molecule has 2 aromatic heterocycles. The third kappa shape index (κ3) is 3.81. The topological polar surface area (TPSA) is 108 Å². The van der Waals surface area contributed by atoms with Gasteiger partial charge in [-0.2, -0.15) is 10.4 Å². The monoisotopic (exact) mass is 399 g/mol. The predicted octanol–water partition coefficient (Wildman–Crippen LogP) is 5.17. The van der Waals surface area contributed by atoms with Crippen molar-refractivity contribution in [2.45, 2.75) is 0 Å². The quantitative estimate of drug-likeness (QED) is 0.283. The average Bonchev–Trinajstić information content (AvgIpc) is 3.42. The number of nitrogens with one attached hydrogen (secondary N) is 1. The molecule has 0 aliphatic rings. The first-order valence-corrected chi connectivity index (χ1v) is 9.45. The number of thiazole rings is 1. The van der Waals surface area contributed by atoms with Gasteiger partial charge in [0, 0.05) is 34.2 Å². The van der Waals surface area contributed by atoms with Gasteiger partial charge in [0.1, 0.15) is 11.1 Å². The molecule has 0 fully saturated rings. The van der Waals surface area contributed by atoms with E-state index in [0.29, 0.717) is 27.4 Å². The van der Waals surface area contributed by atoms with E-state index < -0.39 is 4.92 Å². The fourth-order valence-corrected chi connectivity index (χ4v) is 3.64. The van der Waals surface area contributed by atoms with E-state index in [1.807, 2.05) is 35.7 Å². The van der Waals surface area contributed by atoms with Crippen LogP contribution in [0, 0.1) is 21.4 Å². The Kier molecular flexibility index (Phi) is 4.97. The Hall–Kier alpha value is -4.09. The Morgan fingerprint density at radius 2 is 1.97 bits per heavy atom. The summed E-state index contributed by atoms with van der Waals surface area (Å²) < 4.78 is 0. The van der Waals surface area contributed by atoms with Crippen LogP contribution in [0.2, 0.25) is 0 Å². The van der Waals surface area contributed by atoms with Crippen LogP contribution < -0.4 is 0 Å². The van der Waals surface area contributed by atoms with E-state index in [1.54, 1.807) is 24.4 Å². The van der Waals surface area contributed by atoms with Crippen molar-refractivity contribution >= 4 is 28.7 Å². The van der Waals surface area contributed by atoms with E-state index in [4.69, 9.17) is 0 Å². The molecule has 0 amide bonds. The number of non-ortho nitro benzene ring substituents is 1. The van der Waals surface area contributed by atoms with Crippen molar-refractivity contribution in [2.75, 3.05) is 0 Å². The van der Waals surface area contributed by atoms with E-state index in [-0.39, 0.29) is 5.69 Å². The highest BCUT2D eigenvalue weighted by Crippen LogP contribution is 2.30. The molecule has 0 aliphatic heterocycles. The fourth-order valence-electron chi connectivity index (χ4n) is 2.85. The zero-order chi connectivity index (χ0) is 20.2. The first-order valence-electron chi connectivity index (χ1n) is 8.57. The number of hydrogen-bond acceptors (Lipinski definition) is 6. The Bertz CT molecular complexity index is 1250. The number of nitro groups is 1. The number of aromatic nitrogens is 3. The van der Waals surface area contributed by atoms with Crippen molar-refractivity contribution in [1.29, 1.82) is 5.26 Å². The molecule has 0 unspecified atom stereocenters. The van der Waals surface area contributed by atoms with Gasteiger partial charge < -0.3 is 0 Å². The lowest BCUT2D eigenvalue weighted by atomic mass is 10.1. The summed E-state index contributed by atoms with van der Waals surface area (Å²) in [6.45, 7) is 0. The van der Waals surface area contributed by atoms with Crippen molar-refractivity contribution in [3.63, 3.8) is 0 Å². The van der Waals surface area contributed by atoms with Crippen LogP contribution in [0.3, 0.4) is 0 Å². The van der Waals surface area contributed by atoms with E-state index >= 15 is 0 Å². The molecular weight excluding hydrogens is 386 g/mol. The lowest BCUT2D eigenvalue weighted by Crippen LogP contribution is -1.89. The second-order valence-electron chi connectivity index (χ2n) is 6.08. The molecule has 8 heteroatoms. The van der Waals surface area contributed by atoms with Crippen LogP contribution in [0.1, 0.15) is 10.6 Å². The summed E-state index contributed by atoms with van der Waals surface area (Å²) in [6, 6.07) is 18.2. The summed E-state index contributed by atoms with van der Waals surface area (Å²) in [5.74, 6) is 0. The highest BCUT2D eigenvalue weighted by Gasteiger charge is 2.14. The largest absolute Gasteiger partial charge is 0.277 e. The number of benzene rings is 2. The highest BCUT2D eigenvalue weighted by atomic mass is 32.1. The van der Waals surface area contributed by atoms with Crippen molar-refractivity contribution in [2.24, 2.45) is 0 Å². The maximum absolute atomic E-state index is 11.1. The van der Waals surface area contributed by atoms with Crippen molar-refractivity contribution < 1.29 is 4.92 Å². The lowest BCUT2D eigenvalue weighted by Gasteiger charge is -2.01.